The van der Waals surface area contributed by atoms with Crippen molar-refractivity contribution < 1.29 is 40.7 Å². The zero-order valence-corrected chi connectivity index (χ0v) is 29.4. The van der Waals surface area contributed by atoms with E-state index in [9.17, 15) is 31.1 Å². The molecular weight excluding hydrogens is 721 g/mol. The van der Waals surface area contributed by atoms with Crippen LogP contribution in [0.15, 0.2) is 65.8 Å². The number of amides is 1. The van der Waals surface area contributed by atoms with Gasteiger partial charge in [0, 0.05) is 45.2 Å². The summed E-state index contributed by atoms with van der Waals surface area (Å²) in [5, 5.41) is 4.79. The number of oxime groups is 1. The molecule has 15 heteroatoms. The standard InChI is InChI=1S/C36H38Cl2F6N4O3/c1-50-45-33(23-51-22-24-16-28(35(39,40)41)19-29(17-24)36(42,43)44)30(26-6-7-31(37)32(38)18-26)9-10-46-12-14-47(15-13-46)21-34(49)48-11-8-25-4-2-3-5-27(25)20-48/h2-7,16-19,30H,8-15,20-23H2,1H3/b45-33+. The SMILES string of the molecule is CO/N=C(\COCc1cc(C(F)(F)F)cc(C(F)(F)F)c1)C(CCN1CCN(CC(=O)N2CCc3ccccc3C2)CC1)c1ccc(Cl)c(Cl)c1. The van der Waals surface area contributed by atoms with E-state index in [0.717, 1.165) is 12.0 Å². The van der Waals surface area contributed by atoms with Gasteiger partial charge in [-0.05, 0) is 72.0 Å². The van der Waals surface area contributed by atoms with E-state index in [2.05, 4.69) is 27.1 Å². The summed E-state index contributed by atoms with van der Waals surface area (Å²) < 4.78 is 86.0. The molecule has 1 unspecified atom stereocenters. The maximum absolute atomic E-state index is 13.4. The van der Waals surface area contributed by atoms with Crippen LogP contribution in [0.5, 0.6) is 0 Å². The first-order valence-corrected chi connectivity index (χ1v) is 17.2. The predicted octanol–water partition coefficient (Wildman–Crippen LogP) is 7.93. The molecule has 2 heterocycles. The van der Waals surface area contributed by atoms with Crippen molar-refractivity contribution in [3.8, 4) is 0 Å². The van der Waals surface area contributed by atoms with Crippen molar-refractivity contribution in [1.29, 1.82) is 0 Å². The smallest absolute Gasteiger partial charge is 0.399 e. The number of fused-ring (bicyclic) bond motifs is 1. The Labute approximate surface area is 302 Å². The summed E-state index contributed by atoms with van der Waals surface area (Å²) in [7, 11) is 1.33. The minimum absolute atomic E-state index is 0.0766. The molecule has 2 aliphatic rings. The van der Waals surface area contributed by atoms with Crippen molar-refractivity contribution in [1.82, 2.24) is 14.7 Å². The number of rotatable bonds is 12. The molecule has 51 heavy (non-hydrogen) atoms. The van der Waals surface area contributed by atoms with Crippen LogP contribution in [-0.2, 0) is 46.3 Å². The van der Waals surface area contributed by atoms with Crippen LogP contribution in [0.1, 0.15) is 45.7 Å². The number of halogens is 8. The Balaban J connectivity index is 1.21. The summed E-state index contributed by atoms with van der Waals surface area (Å²) in [5.74, 6) is -0.327. The molecule has 0 N–H and O–H groups in total. The fourth-order valence-corrected chi connectivity index (χ4v) is 6.73. The van der Waals surface area contributed by atoms with Crippen LogP contribution in [0.4, 0.5) is 26.3 Å². The van der Waals surface area contributed by atoms with E-state index in [1.807, 2.05) is 17.0 Å². The minimum Gasteiger partial charge on any atom is -0.399 e. The lowest BCUT2D eigenvalue weighted by Crippen LogP contribution is -2.50. The van der Waals surface area contributed by atoms with Crippen molar-refractivity contribution >= 4 is 34.8 Å². The highest BCUT2D eigenvalue weighted by molar-refractivity contribution is 6.42. The van der Waals surface area contributed by atoms with Gasteiger partial charge in [0.2, 0.25) is 5.91 Å². The molecule has 1 amide bonds. The lowest BCUT2D eigenvalue weighted by molar-refractivity contribution is -0.143. The van der Waals surface area contributed by atoms with E-state index >= 15 is 0 Å². The molecule has 276 valence electrons. The topological polar surface area (TPSA) is 57.6 Å². The zero-order chi connectivity index (χ0) is 36.8. The van der Waals surface area contributed by atoms with Gasteiger partial charge >= 0.3 is 12.4 Å². The molecule has 0 spiro atoms. The number of nitrogens with zero attached hydrogens (tertiary/aromatic N) is 4. The largest absolute Gasteiger partial charge is 0.416 e. The molecule has 0 aliphatic carbocycles. The molecule has 7 nitrogen and oxygen atoms in total. The molecule has 3 aromatic carbocycles. The third kappa shape index (κ3) is 10.6. The predicted molar refractivity (Wildman–Crippen MR) is 183 cm³/mol. The number of benzene rings is 3. The molecule has 0 aromatic heterocycles. The van der Waals surface area contributed by atoms with E-state index in [4.69, 9.17) is 32.8 Å². The maximum Gasteiger partial charge on any atom is 0.416 e. The van der Waals surface area contributed by atoms with Gasteiger partial charge in [0.05, 0.1) is 46.6 Å². The first-order chi connectivity index (χ1) is 24.2. The van der Waals surface area contributed by atoms with E-state index in [-0.39, 0.29) is 24.1 Å². The second-order valence-electron chi connectivity index (χ2n) is 12.6. The van der Waals surface area contributed by atoms with Gasteiger partial charge in [-0.1, -0.05) is 58.7 Å². The van der Waals surface area contributed by atoms with Crippen molar-refractivity contribution in [3.05, 3.63) is 104 Å². The average molecular weight is 760 g/mol. The number of alkyl halides is 6. The third-order valence-electron chi connectivity index (χ3n) is 9.16. The zero-order valence-electron chi connectivity index (χ0n) is 27.9. The Morgan fingerprint density at radius 1 is 0.843 bits per heavy atom. The van der Waals surface area contributed by atoms with Crippen molar-refractivity contribution in [2.75, 3.05) is 59.5 Å². The molecule has 3 aromatic rings. The lowest BCUT2D eigenvalue weighted by atomic mass is 9.90. The summed E-state index contributed by atoms with van der Waals surface area (Å²) >= 11 is 12.5. The van der Waals surface area contributed by atoms with E-state index in [1.54, 1.807) is 18.2 Å². The first kappa shape index (κ1) is 38.9. The molecule has 1 saturated heterocycles. The van der Waals surface area contributed by atoms with Gasteiger partial charge in [0.25, 0.3) is 0 Å². The summed E-state index contributed by atoms with van der Waals surface area (Å²) in [4.78, 5) is 24.6. The Bertz CT molecular complexity index is 1660. The molecular formula is C36H38Cl2F6N4O3. The van der Waals surface area contributed by atoms with E-state index < -0.39 is 36.0 Å². The van der Waals surface area contributed by atoms with Crippen LogP contribution in [0, 0.1) is 0 Å². The monoisotopic (exact) mass is 758 g/mol. The molecule has 2 aliphatic heterocycles. The number of hydrogen-bond donors (Lipinski definition) is 0. The quantitative estimate of drug-likeness (QED) is 0.107. The van der Waals surface area contributed by atoms with Gasteiger partial charge in [-0.15, -0.1) is 0 Å². The molecule has 1 fully saturated rings. The average Bonchev–Trinajstić information content (AvgIpc) is 3.09. The minimum atomic E-state index is -4.97. The lowest BCUT2D eigenvalue weighted by Gasteiger charge is -2.36. The Hall–Kier alpha value is -3.36. The van der Waals surface area contributed by atoms with Crippen LogP contribution in [0.2, 0.25) is 10.0 Å². The van der Waals surface area contributed by atoms with Gasteiger partial charge in [-0.25, -0.2) is 0 Å². The van der Waals surface area contributed by atoms with Crippen LogP contribution < -0.4 is 0 Å². The van der Waals surface area contributed by atoms with Gasteiger partial charge in [-0.3, -0.25) is 9.69 Å². The van der Waals surface area contributed by atoms with Gasteiger partial charge in [0.1, 0.15) is 7.11 Å². The highest BCUT2D eigenvalue weighted by Crippen LogP contribution is 2.37. The normalized spacial score (nSPS) is 17.0. The molecule has 0 radical (unpaired) electrons. The van der Waals surface area contributed by atoms with Crippen molar-refractivity contribution in [2.24, 2.45) is 5.16 Å². The van der Waals surface area contributed by atoms with Crippen LogP contribution in [0.25, 0.3) is 0 Å². The number of piperazine rings is 1. The second-order valence-corrected chi connectivity index (χ2v) is 13.5. The number of carbonyl (C=O) groups excluding carboxylic acids is 1. The fourth-order valence-electron chi connectivity index (χ4n) is 6.42. The van der Waals surface area contributed by atoms with Gasteiger partial charge < -0.3 is 19.4 Å². The molecule has 1 atom stereocenters. The van der Waals surface area contributed by atoms with Crippen LogP contribution >= 0.6 is 23.2 Å². The van der Waals surface area contributed by atoms with Crippen LogP contribution in [-0.4, -0.2) is 85.8 Å². The number of carbonyl (C=O) groups is 1. The highest BCUT2D eigenvalue weighted by atomic mass is 35.5. The summed E-state index contributed by atoms with van der Waals surface area (Å²) in [6, 6.07) is 14.6. The Morgan fingerprint density at radius 2 is 1.49 bits per heavy atom. The Morgan fingerprint density at radius 3 is 2.12 bits per heavy atom. The van der Waals surface area contributed by atoms with E-state index in [1.165, 1.54) is 18.2 Å². The fraction of sp³-hybridized carbons (Fsp3) is 0.444. The van der Waals surface area contributed by atoms with E-state index in [0.29, 0.717) is 86.7 Å². The number of hydrogen-bond acceptors (Lipinski definition) is 6. The summed E-state index contributed by atoms with van der Waals surface area (Å²) in [6.07, 6.45) is -8.59. The molecule has 0 bridgehead atoms. The molecule has 5 rings (SSSR count). The second kappa shape index (κ2) is 17.0. The first-order valence-electron chi connectivity index (χ1n) is 16.4. The molecule has 0 saturated carbocycles. The summed E-state index contributed by atoms with van der Waals surface area (Å²) in [5.41, 5.74) is 0.442. The van der Waals surface area contributed by atoms with Gasteiger partial charge in [0.15, 0.2) is 0 Å². The van der Waals surface area contributed by atoms with Crippen molar-refractivity contribution in [2.45, 2.75) is 44.3 Å². The van der Waals surface area contributed by atoms with Crippen LogP contribution in [0.3, 0.4) is 0 Å². The Kier molecular flexibility index (Phi) is 12.9. The third-order valence-corrected chi connectivity index (χ3v) is 9.90. The highest BCUT2D eigenvalue weighted by Gasteiger charge is 2.37. The van der Waals surface area contributed by atoms with Gasteiger partial charge in [-0.2, -0.15) is 26.3 Å². The van der Waals surface area contributed by atoms with Crippen molar-refractivity contribution in [3.63, 3.8) is 0 Å². The number of ether oxygens (including phenoxy) is 1. The maximum atomic E-state index is 13.4. The summed E-state index contributed by atoms with van der Waals surface area (Å²) in [6.45, 7) is 4.34.